The van der Waals surface area contributed by atoms with E-state index >= 15 is 0 Å². The topological polar surface area (TPSA) is 92.8 Å². The molecule has 0 saturated carbocycles. The number of esters is 1. The molecule has 1 unspecified atom stereocenters. The summed E-state index contributed by atoms with van der Waals surface area (Å²) in [6.07, 6.45) is -0.521. The van der Waals surface area contributed by atoms with Crippen LogP contribution in [0.4, 0.5) is 0 Å². The Morgan fingerprint density at radius 2 is 1.67 bits per heavy atom. The molecule has 1 N–H and O–H groups in total. The van der Waals surface area contributed by atoms with Crippen LogP contribution in [0.1, 0.15) is 22.1 Å². The van der Waals surface area contributed by atoms with Gasteiger partial charge in [-0.15, -0.1) is 45.8 Å². The lowest BCUT2D eigenvalue weighted by molar-refractivity contribution is -0.154. The van der Waals surface area contributed by atoms with Gasteiger partial charge in [-0.05, 0) is 34.0 Å². The molecule has 2 aromatic carbocycles. The summed E-state index contributed by atoms with van der Waals surface area (Å²) < 4.78 is 8.54. The molecule has 0 radical (unpaired) electrons. The van der Waals surface area contributed by atoms with E-state index < -0.39 is 23.5 Å². The molecule has 45 heavy (non-hydrogen) atoms. The van der Waals surface area contributed by atoms with Gasteiger partial charge in [0.25, 0.3) is 5.91 Å². The first-order valence-electron chi connectivity index (χ1n) is 14.0. The first-order valence-corrected chi connectivity index (χ1v) is 18.4. The third-order valence-corrected chi connectivity index (χ3v) is 13.0. The largest absolute Gasteiger partial charge is 0.448 e. The van der Waals surface area contributed by atoms with Gasteiger partial charge in [-0.3, -0.25) is 19.3 Å². The van der Waals surface area contributed by atoms with Gasteiger partial charge in [0.05, 0.1) is 20.0 Å². The van der Waals surface area contributed by atoms with Gasteiger partial charge in [0.15, 0.2) is 11.5 Å². The minimum Gasteiger partial charge on any atom is -0.448 e. The molecule has 1 saturated heterocycles. The van der Waals surface area contributed by atoms with Gasteiger partial charge in [0, 0.05) is 21.6 Å². The molecular weight excluding hydrogens is 665 g/mol. The number of hydrogen-bond donors (Lipinski definition) is 1. The summed E-state index contributed by atoms with van der Waals surface area (Å²) >= 11 is 7.15. The Bertz CT molecular complexity index is 1930. The Kier molecular flexibility index (Phi) is 8.65. The van der Waals surface area contributed by atoms with E-state index in [2.05, 4.69) is 5.32 Å². The number of fused-ring (bicyclic) bond motifs is 2. The van der Waals surface area contributed by atoms with Crippen LogP contribution in [0.5, 0.6) is 0 Å². The van der Waals surface area contributed by atoms with Crippen molar-refractivity contribution in [1.82, 2.24) is 10.2 Å². The predicted molar refractivity (Wildman–Crippen MR) is 183 cm³/mol. The number of carbonyl (C=O) groups excluding carboxylic acids is 3. The molecule has 2 atom stereocenters. The Hall–Kier alpha value is -3.68. The van der Waals surface area contributed by atoms with Crippen molar-refractivity contribution in [3.05, 3.63) is 133 Å². The summed E-state index contributed by atoms with van der Waals surface area (Å²) in [6, 6.07) is 25.4. The molecule has 0 spiro atoms. The van der Waals surface area contributed by atoms with E-state index in [1.807, 2.05) is 89.6 Å². The van der Waals surface area contributed by atoms with Crippen molar-refractivity contribution in [2.45, 2.75) is 28.1 Å². The number of carbonyl (C=O) groups is 3. The Labute approximate surface area is 278 Å². The number of nitrogens with one attached hydrogen (secondary N) is 1. The second-order valence-corrected chi connectivity index (χ2v) is 15.8. The maximum absolute atomic E-state index is 14.2. The van der Waals surface area contributed by atoms with Crippen molar-refractivity contribution >= 4 is 84.7 Å². The molecule has 12 heteroatoms. The summed E-state index contributed by atoms with van der Waals surface area (Å²) in [4.78, 5) is 56.5. The molecule has 1 fully saturated rings. The van der Waals surface area contributed by atoms with Crippen molar-refractivity contribution in [2.75, 3.05) is 5.75 Å². The molecule has 7 rings (SSSR count). The van der Waals surface area contributed by atoms with Crippen LogP contribution in [-0.2, 0) is 25.5 Å². The van der Waals surface area contributed by atoms with E-state index in [1.54, 1.807) is 6.07 Å². The Morgan fingerprint density at radius 3 is 2.36 bits per heavy atom. The van der Waals surface area contributed by atoms with Crippen LogP contribution >= 0.6 is 57.5 Å². The zero-order valence-electron chi connectivity index (χ0n) is 23.4. The first-order chi connectivity index (χ1) is 22.0. The monoisotopic (exact) mass is 688 g/mol. The second kappa shape index (κ2) is 13.0. The molecule has 0 bridgehead atoms. The Morgan fingerprint density at radius 1 is 0.933 bits per heavy atom. The van der Waals surface area contributed by atoms with Gasteiger partial charge < -0.3 is 10.1 Å². The maximum Gasteiger partial charge on any atom is 0.356 e. The summed E-state index contributed by atoms with van der Waals surface area (Å²) in [7, 11) is 0. The SMILES string of the molecule is O=C(Cc1cccs1)NC1C(=O)N2C(C(=O)OC(c3ccccc3)c3ccccc3)=C(Sc3cc(=O)c4sccc4s3)CS[C@H]12. The third kappa shape index (κ3) is 6.12. The Balaban J connectivity index is 1.22. The average molecular weight is 689 g/mol. The first kappa shape index (κ1) is 30.0. The molecule has 7 nitrogen and oxygen atoms in total. The normalized spacial score (nSPS) is 17.7. The highest BCUT2D eigenvalue weighted by Gasteiger charge is 2.55. The molecule has 2 amide bonds. The number of hydrogen-bond acceptors (Lipinski definition) is 10. The van der Waals surface area contributed by atoms with Crippen molar-refractivity contribution in [3.63, 3.8) is 0 Å². The van der Waals surface area contributed by atoms with Gasteiger partial charge >= 0.3 is 5.97 Å². The predicted octanol–water partition coefficient (Wildman–Crippen LogP) is 6.66. The number of thioether (sulfide) groups is 2. The van der Waals surface area contributed by atoms with Crippen LogP contribution in [-0.4, -0.2) is 39.9 Å². The van der Waals surface area contributed by atoms with Crippen molar-refractivity contribution in [1.29, 1.82) is 0 Å². The fourth-order valence-corrected chi connectivity index (χ4v) is 10.8. The van der Waals surface area contributed by atoms with E-state index in [0.717, 1.165) is 24.9 Å². The number of ether oxygens (including phenoxy) is 1. The molecule has 3 aromatic heterocycles. The maximum atomic E-state index is 14.2. The molecule has 5 aromatic rings. The smallest absolute Gasteiger partial charge is 0.356 e. The van der Waals surface area contributed by atoms with Crippen LogP contribution in [0, 0.1) is 0 Å². The van der Waals surface area contributed by atoms with Crippen molar-refractivity contribution < 1.29 is 19.1 Å². The van der Waals surface area contributed by atoms with Crippen molar-refractivity contribution in [3.8, 4) is 0 Å². The summed E-state index contributed by atoms with van der Waals surface area (Å²) in [6.45, 7) is 0. The van der Waals surface area contributed by atoms with Gasteiger partial charge in [-0.1, -0.05) is 78.5 Å². The zero-order chi connectivity index (χ0) is 30.9. The van der Waals surface area contributed by atoms with E-state index in [4.69, 9.17) is 4.74 Å². The summed E-state index contributed by atoms with van der Waals surface area (Å²) in [5, 5.41) is 6.22. The average Bonchev–Trinajstić information content (AvgIpc) is 3.76. The van der Waals surface area contributed by atoms with Crippen LogP contribution in [0.15, 0.2) is 115 Å². The third-order valence-electron chi connectivity index (χ3n) is 7.32. The van der Waals surface area contributed by atoms with E-state index in [1.165, 1.54) is 62.4 Å². The van der Waals surface area contributed by atoms with Crippen molar-refractivity contribution in [2.24, 2.45) is 0 Å². The molecule has 2 aliphatic rings. The highest BCUT2D eigenvalue weighted by atomic mass is 32.2. The number of nitrogens with zero attached hydrogens (tertiary/aromatic N) is 1. The van der Waals surface area contributed by atoms with Crippen LogP contribution in [0.25, 0.3) is 9.40 Å². The number of benzene rings is 2. The quantitative estimate of drug-likeness (QED) is 0.137. The standard InChI is InChI=1S/C33H24N2O5S5/c36-22-17-26(44-23-13-15-42-30(22)23)45-24-18-43-32-27(34-25(37)16-21-12-7-14-41-21)31(38)35(32)28(24)33(39)40-29(19-8-3-1-4-9-19)20-10-5-2-6-11-20/h1-15,17,27,29,32H,16,18H2,(H,34,37)/t27?,32-/m1/s1. The lowest BCUT2D eigenvalue weighted by Crippen LogP contribution is -2.70. The number of amides is 2. The summed E-state index contributed by atoms with van der Waals surface area (Å²) in [5.41, 5.74) is 1.67. The van der Waals surface area contributed by atoms with Gasteiger partial charge in [-0.2, -0.15) is 0 Å². The van der Waals surface area contributed by atoms with Crippen LogP contribution in [0.3, 0.4) is 0 Å². The second-order valence-electron chi connectivity index (χ2n) is 10.2. The number of rotatable bonds is 9. The van der Waals surface area contributed by atoms with E-state index in [9.17, 15) is 19.2 Å². The minimum atomic E-state index is -0.755. The number of β-lactam (4-membered cyclic amide) rings is 1. The zero-order valence-corrected chi connectivity index (χ0v) is 27.5. The van der Waals surface area contributed by atoms with Gasteiger partial charge in [0.2, 0.25) is 5.91 Å². The lowest BCUT2D eigenvalue weighted by Gasteiger charge is -2.49. The minimum absolute atomic E-state index is 0.0749. The van der Waals surface area contributed by atoms with Crippen LogP contribution in [0.2, 0.25) is 0 Å². The van der Waals surface area contributed by atoms with Gasteiger partial charge in [-0.25, -0.2) is 4.79 Å². The highest BCUT2D eigenvalue weighted by molar-refractivity contribution is 8.07. The fraction of sp³-hybridized carbons (Fsp3) is 0.152. The van der Waals surface area contributed by atoms with Gasteiger partial charge in [0.1, 0.15) is 17.1 Å². The molecule has 5 heterocycles. The van der Waals surface area contributed by atoms with E-state index in [-0.39, 0.29) is 29.4 Å². The van der Waals surface area contributed by atoms with Crippen LogP contribution < -0.4 is 10.7 Å². The van der Waals surface area contributed by atoms with E-state index in [0.29, 0.717) is 15.4 Å². The number of thiophene rings is 2. The highest BCUT2D eigenvalue weighted by Crippen LogP contribution is 2.47. The molecule has 0 aliphatic carbocycles. The molecule has 226 valence electrons. The fourth-order valence-electron chi connectivity index (χ4n) is 5.24. The molecule has 2 aliphatic heterocycles. The lowest BCUT2D eigenvalue weighted by atomic mass is 10.0. The summed E-state index contributed by atoms with van der Waals surface area (Å²) in [5.74, 6) is -0.841. The molecular formula is C33H24N2O5S5.